The standard InChI is InChI=1S/C22H30N4O2Se2/c1-3-5-15-23-21(27)25-17-11-7-9-13-19(17)29-30-20-14-10-8-12-18(20)26-22(28)24-16-6-4-2/h7-14H,3-6,15-16H2,1-2H3,(H2,23,25,27)(H2,24,26,28). The van der Waals surface area contributed by atoms with Crippen LogP contribution >= 0.6 is 0 Å². The number of benzene rings is 2. The third kappa shape index (κ3) is 8.80. The number of unbranched alkanes of at least 4 members (excludes halogenated alkanes) is 2. The number of hydrogen-bond acceptors (Lipinski definition) is 2. The summed E-state index contributed by atoms with van der Waals surface area (Å²) in [5.74, 6) is 0. The van der Waals surface area contributed by atoms with Crippen molar-refractivity contribution in [3.8, 4) is 0 Å². The van der Waals surface area contributed by atoms with Crippen LogP contribution in [0, 0.1) is 0 Å². The molecule has 0 aliphatic carbocycles. The van der Waals surface area contributed by atoms with Gasteiger partial charge in [0, 0.05) is 0 Å². The van der Waals surface area contributed by atoms with Gasteiger partial charge in [0.2, 0.25) is 0 Å². The van der Waals surface area contributed by atoms with E-state index in [9.17, 15) is 9.59 Å². The molecular formula is C22H30N4O2Se2. The Kier molecular flexibility index (Phi) is 11.4. The average Bonchev–Trinajstić information content (AvgIpc) is 2.74. The Hall–Kier alpha value is -1.98. The molecule has 4 N–H and O–H groups in total. The maximum absolute atomic E-state index is 12.1. The predicted octanol–water partition coefficient (Wildman–Crippen LogP) is 2.80. The molecule has 0 unspecified atom stereocenters. The van der Waals surface area contributed by atoms with E-state index in [1.54, 1.807) is 0 Å². The van der Waals surface area contributed by atoms with Crippen LogP contribution in [0.1, 0.15) is 39.5 Å². The number of para-hydroxylation sites is 2. The molecule has 0 radical (unpaired) electrons. The van der Waals surface area contributed by atoms with Gasteiger partial charge in [-0.2, -0.15) is 0 Å². The summed E-state index contributed by atoms with van der Waals surface area (Å²) in [5, 5.41) is 11.7. The molecule has 0 aliphatic heterocycles. The molecule has 0 aromatic heterocycles. The Labute approximate surface area is 190 Å². The Balaban J connectivity index is 1.97. The van der Waals surface area contributed by atoms with Crippen molar-refractivity contribution in [1.29, 1.82) is 0 Å². The quantitative estimate of drug-likeness (QED) is 0.261. The van der Waals surface area contributed by atoms with E-state index in [4.69, 9.17) is 0 Å². The van der Waals surface area contributed by atoms with E-state index < -0.39 is 0 Å². The van der Waals surface area contributed by atoms with Gasteiger partial charge in [0.15, 0.2) is 0 Å². The zero-order valence-electron chi connectivity index (χ0n) is 17.5. The van der Waals surface area contributed by atoms with Crippen molar-refractivity contribution in [2.24, 2.45) is 0 Å². The number of carbonyl (C=O) groups is 2. The molecule has 30 heavy (non-hydrogen) atoms. The molecule has 0 heterocycles. The molecule has 2 aromatic carbocycles. The van der Waals surface area contributed by atoms with Crippen LogP contribution in [0.15, 0.2) is 48.5 Å². The van der Waals surface area contributed by atoms with E-state index in [1.165, 1.54) is 0 Å². The number of hydrogen-bond donors (Lipinski definition) is 4. The van der Waals surface area contributed by atoms with Crippen LogP contribution in [0.4, 0.5) is 21.0 Å². The summed E-state index contributed by atoms with van der Waals surface area (Å²) < 4.78 is 2.30. The van der Waals surface area contributed by atoms with Gasteiger partial charge in [0.1, 0.15) is 0 Å². The molecule has 0 atom stereocenters. The predicted molar refractivity (Wildman–Crippen MR) is 128 cm³/mol. The van der Waals surface area contributed by atoms with Crippen molar-refractivity contribution < 1.29 is 9.59 Å². The van der Waals surface area contributed by atoms with Crippen molar-refractivity contribution in [2.45, 2.75) is 39.5 Å². The molecule has 0 fully saturated rings. The zero-order chi connectivity index (χ0) is 21.6. The molecule has 2 aromatic rings. The third-order valence-electron chi connectivity index (χ3n) is 4.12. The molecule has 0 saturated heterocycles. The number of rotatable bonds is 11. The van der Waals surface area contributed by atoms with Gasteiger partial charge in [-0.1, -0.05) is 0 Å². The van der Waals surface area contributed by atoms with Gasteiger partial charge in [0.25, 0.3) is 0 Å². The van der Waals surface area contributed by atoms with Crippen LogP contribution in [-0.4, -0.2) is 51.4 Å². The zero-order valence-corrected chi connectivity index (χ0v) is 20.9. The van der Waals surface area contributed by atoms with Gasteiger partial charge in [-0.25, -0.2) is 0 Å². The van der Waals surface area contributed by atoms with Crippen LogP contribution < -0.4 is 30.2 Å². The van der Waals surface area contributed by atoms with Gasteiger partial charge in [0.05, 0.1) is 0 Å². The second-order valence-electron chi connectivity index (χ2n) is 6.63. The number of anilines is 2. The van der Waals surface area contributed by atoms with E-state index in [0.717, 1.165) is 46.0 Å². The van der Waals surface area contributed by atoms with Crippen LogP contribution in [0.3, 0.4) is 0 Å². The Morgan fingerprint density at radius 3 is 1.50 bits per heavy atom. The topological polar surface area (TPSA) is 82.3 Å². The minimum atomic E-state index is -0.162. The Bertz CT molecular complexity index is 750. The van der Waals surface area contributed by atoms with Gasteiger partial charge in [-0.05, 0) is 0 Å². The first-order valence-corrected chi connectivity index (χ1v) is 16.3. The summed E-state index contributed by atoms with van der Waals surface area (Å²) in [5.41, 5.74) is 1.72. The molecule has 2 rings (SSSR count). The normalized spacial score (nSPS) is 10.3. The van der Waals surface area contributed by atoms with Gasteiger partial charge >= 0.3 is 191 Å². The van der Waals surface area contributed by atoms with Gasteiger partial charge in [-0.15, -0.1) is 0 Å². The SMILES string of the molecule is CCCCNC(=O)Nc1ccccc1[Se][Se]c1ccccc1NC(=O)NCCCC. The van der Waals surface area contributed by atoms with Gasteiger partial charge in [-0.3, -0.25) is 0 Å². The van der Waals surface area contributed by atoms with Crippen LogP contribution in [0.25, 0.3) is 0 Å². The van der Waals surface area contributed by atoms with E-state index in [-0.39, 0.29) is 38.3 Å². The first kappa shape index (κ1) is 24.3. The molecule has 8 heteroatoms. The molecule has 0 saturated carbocycles. The van der Waals surface area contributed by atoms with E-state index in [2.05, 4.69) is 47.2 Å². The summed E-state index contributed by atoms with van der Waals surface area (Å²) in [4.78, 5) is 24.3. The summed E-state index contributed by atoms with van der Waals surface area (Å²) in [6.07, 6.45) is 4.04. The van der Waals surface area contributed by atoms with Crippen molar-refractivity contribution in [3.63, 3.8) is 0 Å². The first-order valence-electron chi connectivity index (χ1n) is 10.3. The average molecular weight is 540 g/mol. The van der Waals surface area contributed by atoms with Crippen LogP contribution in [-0.2, 0) is 0 Å². The number of nitrogens with one attached hydrogen (secondary N) is 4. The molecule has 162 valence electrons. The van der Waals surface area contributed by atoms with E-state index >= 15 is 0 Å². The molecular weight excluding hydrogens is 510 g/mol. The van der Waals surface area contributed by atoms with Crippen molar-refractivity contribution in [2.75, 3.05) is 23.7 Å². The number of carbonyl (C=O) groups excluding carboxylic acids is 2. The molecule has 4 amide bonds. The summed E-state index contributed by atoms with van der Waals surface area (Å²) >= 11 is 0.327. The fourth-order valence-corrected chi connectivity index (χ4v) is 9.41. The summed E-state index contributed by atoms with van der Waals surface area (Å²) in [6, 6.07) is 15.6. The third-order valence-corrected chi connectivity index (χ3v) is 11.4. The molecule has 0 aliphatic rings. The minimum absolute atomic E-state index is 0.162. The Morgan fingerprint density at radius 1 is 0.700 bits per heavy atom. The number of amides is 4. The summed E-state index contributed by atoms with van der Waals surface area (Å²) in [6.45, 7) is 5.56. The monoisotopic (exact) mass is 542 g/mol. The molecule has 0 spiro atoms. The van der Waals surface area contributed by atoms with E-state index in [0.29, 0.717) is 13.1 Å². The molecule has 0 bridgehead atoms. The fourth-order valence-electron chi connectivity index (χ4n) is 2.47. The van der Waals surface area contributed by atoms with Crippen molar-refractivity contribution in [3.05, 3.63) is 48.5 Å². The van der Waals surface area contributed by atoms with Crippen molar-refractivity contribution >= 4 is 58.6 Å². The van der Waals surface area contributed by atoms with Crippen LogP contribution in [0.5, 0.6) is 0 Å². The maximum atomic E-state index is 12.1. The van der Waals surface area contributed by atoms with Crippen molar-refractivity contribution in [1.82, 2.24) is 10.6 Å². The van der Waals surface area contributed by atoms with Crippen LogP contribution in [0.2, 0.25) is 0 Å². The number of urea groups is 2. The Morgan fingerprint density at radius 2 is 1.10 bits per heavy atom. The summed E-state index contributed by atoms with van der Waals surface area (Å²) in [7, 11) is 0. The second-order valence-corrected chi connectivity index (χ2v) is 12.8. The van der Waals surface area contributed by atoms with E-state index in [1.807, 2.05) is 36.4 Å². The van der Waals surface area contributed by atoms with Gasteiger partial charge < -0.3 is 0 Å². The fraction of sp³-hybridized carbons (Fsp3) is 0.364. The molecule has 6 nitrogen and oxygen atoms in total. The second kappa shape index (κ2) is 14.1. The first-order chi connectivity index (χ1) is 14.6.